The first-order chi connectivity index (χ1) is 28.7. The Balaban J connectivity index is 1.11. The lowest BCUT2D eigenvalue weighted by atomic mass is 9.63. The molecule has 8 aromatic carbocycles. The van der Waals surface area contributed by atoms with Crippen molar-refractivity contribution in [3.05, 3.63) is 234 Å². The Bertz CT molecular complexity index is 2920. The number of nitrogens with zero attached hydrogens (tertiary/aromatic N) is 4. The summed E-state index contributed by atoms with van der Waals surface area (Å²) in [5, 5.41) is 9.25. The molecule has 0 fully saturated rings. The van der Waals surface area contributed by atoms with Gasteiger partial charge in [0, 0.05) is 33.4 Å². The van der Waals surface area contributed by atoms with E-state index in [1.807, 2.05) is 72.8 Å². The summed E-state index contributed by atoms with van der Waals surface area (Å²) < 4.78 is 6.96. The largest absolute Gasteiger partial charge is 0.456 e. The van der Waals surface area contributed by atoms with Crippen molar-refractivity contribution in [1.82, 2.24) is 15.0 Å². The quantitative estimate of drug-likeness (QED) is 0.163. The molecular formula is C53H34N4O. The third kappa shape index (κ3) is 6.01. The molecule has 272 valence electrons. The normalized spacial score (nSPS) is 12.4. The molecule has 5 nitrogen and oxygen atoms in total. The van der Waals surface area contributed by atoms with Crippen molar-refractivity contribution in [2.45, 2.75) is 5.41 Å². The van der Waals surface area contributed by atoms with Crippen LogP contribution in [0.4, 0.5) is 0 Å². The van der Waals surface area contributed by atoms with Crippen LogP contribution in [0.3, 0.4) is 0 Å². The molecule has 2 heterocycles. The monoisotopic (exact) mass is 742 g/mol. The highest BCUT2D eigenvalue weighted by atomic mass is 16.5. The molecular weight excluding hydrogens is 709 g/mol. The van der Waals surface area contributed by atoms with Gasteiger partial charge in [-0.2, -0.15) is 5.26 Å². The number of aromatic nitrogens is 3. The first kappa shape index (κ1) is 34.5. The summed E-state index contributed by atoms with van der Waals surface area (Å²) in [5.74, 6) is 3.38. The van der Waals surface area contributed by atoms with E-state index < -0.39 is 5.41 Å². The third-order valence-electron chi connectivity index (χ3n) is 10.9. The van der Waals surface area contributed by atoms with Gasteiger partial charge in [-0.1, -0.05) is 182 Å². The summed E-state index contributed by atoms with van der Waals surface area (Å²) in [7, 11) is 0. The maximum Gasteiger partial charge on any atom is 0.164 e. The highest BCUT2D eigenvalue weighted by molar-refractivity contribution is 5.82. The Morgan fingerprint density at radius 2 is 0.862 bits per heavy atom. The van der Waals surface area contributed by atoms with Crippen LogP contribution in [0.15, 0.2) is 206 Å². The lowest BCUT2D eigenvalue weighted by molar-refractivity contribution is 0.436. The highest BCUT2D eigenvalue weighted by Crippen LogP contribution is 2.57. The van der Waals surface area contributed by atoms with Crippen molar-refractivity contribution in [3.63, 3.8) is 0 Å². The van der Waals surface area contributed by atoms with E-state index in [9.17, 15) is 5.26 Å². The average molecular weight is 743 g/mol. The number of rotatable bonds is 7. The molecule has 0 aliphatic carbocycles. The molecule has 58 heavy (non-hydrogen) atoms. The Hall–Kier alpha value is -7.94. The lowest BCUT2D eigenvalue weighted by Crippen LogP contribution is -2.34. The third-order valence-corrected chi connectivity index (χ3v) is 10.9. The lowest BCUT2D eigenvalue weighted by Gasteiger charge is -2.42. The first-order valence-corrected chi connectivity index (χ1v) is 19.2. The standard InChI is InChI=1S/C53H34N4O/c54-35-36-26-28-37(29-27-36)38-30-32-40(33-31-38)51-55-50(39-14-4-1-5-15-39)56-52(57-51)42-17-12-16-41(34-42)45-22-13-24-47-49(45)58-48-25-11-10-23-46(48)53(47,43-18-6-2-7-19-43)44-20-8-3-9-21-44/h1-34H. The van der Waals surface area contributed by atoms with Crippen molar-refractivity contribution in [2.24, 2.45) is 0 Å². The van der Waals surface area contributed by atoms with E-state index in [0.29, 0.717) is 23.0 Å². The molecule has 0 radical (unpaired) electrons. The van der Waals surface area contributed by atoms with Crippen molar-refractivity contribution in [1.29, 1.82) is 5.26 Å². The molecule has 1 aliphatic rings. The zero-order valence-electron chi connectivity index (χ0n) is 31.3. The van der Waals surface area contributed by atoms with Crippen molar-refractivity contribution in [3.8, 4) is 74.0 Å². The minimum Gasteiger partial charge on any atom is -0.456 e. The number of ether oxygens (including phenoxy) is 1. The van der Waals surface area contributed by atoms with Crippen molar-refractivity contribution >= 4 is 0 Å². The molecule has 0 amide bonds. The number of nitriles is 1. The SMILES string of the molecule is N#Cc1ccc(-c2ccc(-c3nc(-c4ccccc4)nc(-c4cccc(-c5cccc6c5Oc5ccccc5C6(c5ccccc5)c5ccccc5)c4)n3)cc2)cc1. The van der Waals surface area contributed by atoms with Gasteiger partial charge < -0.3 is 4.74 Å². The molecule has 0 atom stereocenters. The van der Waals surface area contributed by atoms with Gasteiger partial charge in [-0.15, -0.1) is 0 Å². The average Bonchev–Trinajstić information content (AvgIpc) is 3.31. The molecule has 0 unspecified atom stereocenters. The van der Waals surface area contributed by atoms with Gasteiger partial charge in [-0.25, -0.2) is 15.0 Å². The van der Waals surface area contributed by atoms with E-state index in [0.717, 1.165) is 61.6 Å². The van der Waals surface area contributed by atoms with Crippen LogP contribution in [0.2, 0.25) is 0 Å². The molecule has 0 saturated carbocycles. The zero-order valence-corrected chi connectivity index (χ0v) is 31.3. The Kier molecular flexibility index (Phi) is 8.70. The second-order valence-corrected chi connectivity index (χ2v) is 14.3. The second-order valence-electron chi connectivity index (χ2n) is 14.3. The van der Waals surface area contributed by atoms with Crippen LogP contribution in [0.5, 0.6) is 11.5 Å². The Morgan fingerprint density at radius 1 is 0.397 bits per heavy atom. The van der Waals surface area contributed by atoms with Crippen LogP contribution in [0, 0.1) is 11.3 Å². The van der Waals surface area contributed by atoms with Crippen LogP contribution in [0.25, 0.3) is 56.4 Å². The minimum absolute atomic E-state index is 0.570. The Labute approximate surface area is 337 Å². The summed E-state index contributed by atoms with van der Waals surface area (Å²) in [5.41, 5.74) is 11.2. The van der Waals surface area contributed by atoms with E-state index in [2.05, 4.69) is 140 Å². The summed E-state index contributed by atoms with van der Waals surface area (Å²) >= 11 is 0. The summed E-state index contributed by atoms with van der Waals surface area (Å²) in [4.78, 5) is 15.1. The Morgan fingerprint density at radius 3 is 1.50 bits per heavy atom. The van der Waals surface area contributed by atoms with Crippen molar-refractivity contribution < 1.29 is 4.74 Å². The molecule has 9 aromatic rings. The van der Waals surface area contributed by atoms with Crippen LogP contribution >= 0.6 is 0 Å². The molecule has 5 heteroatoms. The fourth-order valence-electron chi connectivity index (χ4n) is 8.18. The summed E-state index contributed by atoms with van der Waals surface area (Å²) in [6.07, 6.45) is 0. The number of benzene rings is 8. The molecule has 0 bridgehead atoms. The van der Waals surface area contributed by atoms with Gasteiger partial charge in [-0.05, 0) is 52.1 Å². The van der Waals surface area contributed by atoms with Crippen LogP contribution in [-0.2, 0) is 5.41 Å². The predicted octanol–water partition coefficient (Wildman–Crippen LogP) is 12.6. The van der Waals surface area contributed by atoms with E-state index in [-0.39, 0.29) is 0 Å². The van der Waals surface area contributed by atoms with Gasteiger partial charge in [0.2, 0.25) is 0 Å². The van der Waals surface area contributed by atoms with Gasteiger partial charge in [0.05, 0.1) is 17.0 Å². The molecule has 0 spiro atoms. The number of fused-ring (bicyclic) bond motifs is 2. The first-order valence-electron chi connectivity index (χ1n) is 19.2. The summed E-state index contributed by atoms with van der Waals surface area (Å²) in [6.45, 7) is 0. The van der Waals surface area contributed by atoms with Gasteiger partial charge in [-0.3, -0.25) is 0 Å². The maximum absolute atomic E-state index is 9.25. The van der Waals surface area contributed by atoms with Gasteiger partial charge in [0.15, 0.2) is 17.5 Å². The van der Waals surface area contributed by atoms with Crippen LogP contribution in [-0.4, -0.2) is 15.0 Å². The molecule has 1 aliphatic heterocycles. The van der Waals surface area contributed by atoms with E-state index in [1.165, 1.54) is 11.1 Å². The van der Waals surface area contributed by atoms with E-state index in [4.69, 9.17) is 19.7 Å². The van der Waals surface area contributed by atoms with Crippen LogP contribution in [0.1, 0.15) is 27.8 Å². The number of hydrogen-bond donors (Lipinski definition) is 0. The van der Waals surface area contributed by atoms with Gasteiger partial charge in [0.25, 0.3) is 0 Å². The molecule has 10 rings (SSSR count). The fourth-order valence-corrected chi connectivity index (χ4v) is 8.18. The molecule has 0 saturated heterocycles. The van der Waals surface area contributed by atoms with Crippen LogP contribution < -0.4 is 4.74 Å². The fraction of sp³-hybridized carbons (Fsp3) is 0.0189. The minimum atomic E-state index is -0.621. The zero-order chi connectivity index (χ0) is 38.9. The maximum atomic E-state index is 9.25. The van der Waals surface area contributed by atoms with E-state index in [1.54, 1.807) is 0 Å². The number of para-hydroxylation sites is 2. The topological polar surface area (TPSA) is 71.7 Å². The smallest absolute Gasteiger partial charge is 0.164 e. The van der Waals surface area contributed by atoms with E-state index >= 15 is 0 Å². The second kappa shape index (κ2) is 14.6. The summed E-state index contributed by atoms with van der Waals surface area (Å²) in [6, 6.07) is 72.7. The predicted molar refractivity (Wildman–Crippen MR) is 230 cm³/mol. The van der Waals surface area contributed by atoms with Crippen molar-refractivity contribution in [2.75, 3.05) is 0 Å². The number of hydrogen-bond acceptors (Lipinski definition) is 5. The molecule has 0 N–H and O–H groups in total. The highest BCUT2D eigenvalue weighted by Gasteiger charge is 2.45. The van der Waals surface area contributed by atoms with Gasteiger partial charge >= 0.3 is 0 Å². The molecule has 1 aromatic heterocycles. The van der Waals surface area contributed by atoms with Gasteiger partial charge in [0.1, 0.15) is 11.5 Å².